The van der Waals surface area contributed by atoms with Crippen LogP contribution in [0.5, 0.6) is 0 Å². The molecule has 0 spiro atoms. The summed E-state index contributed by atoms with van der Waals surface area (Å²) < 4.78 is 13.6. The molecule has 1 aliphatic heterocycles. The number of fused-ring (bicyclic) bond motifs is 1. The third kappa shape index (κ3) is 2.34. The summed E-state index contributed by atoms with van der Waals surface area (Å²) in [7, 11) is 0. The first-order valence-corrected chi connectivity index (χ1v) is 6.89. The number of rotatable bonds is 2. The summed E-state index contributed by atoms with van der Waals surface area (Å²) >= 11 is 3.25. The Morgan fingerprint density at radius 1 is 1.25 bits per heavy atom. The van der Waals surface area contributed by atoms with Gasteiger partial charge in [0.25, 0.3) is 0 Å². The number of carbonyl (C=O) groups excluding carboxylic acids is 1. The molecule has 0 aromatic heterocycles. The largest absolute Gasteiger partial charge is 0.384 e. The Balaban J connectivity index is 1.97. The Morgan fingerprint density at radius 2 is 2.05 bits per heavy atom. The minimum Gasteiger partial charge on any atom is -0.384 e. The number of anilines is 1. The van der Waals surface area contributed by atoms with Gasteiger partial charge in [-0.05, 0) is 34.9 Å². The Hall–Kier alpha value is -1.72. The van der Waals surface area contributed by atoms with E-state index in [1.54, 1.807) is 24.3 Å². The quantitative estimate of drug-likeness (QED) is 0.885. The van der Waals surface area contributed by atoms with Crippen molar-refractivity contribution in [2.45, 2.75) is 12.5 Å². The molecule has 2 aromatic rings. The molecule has 0 saturated carbocycles. The van der Waals surface area contributed by atoms with E-state index >= 15 is 0 Å². The van der Waals surface area contributed by atoms with E-state index in [2.05, 4.69) is 21.2 Å². The van der Waals surface area contributed by atoms with Gasteiger partial charge in [-0.3, -0.25) is 4.79 Å². The van der Waals surface area contributed by atoms with Gasteiger partial charge in [-0.25, -0.2) is 4.39 Å². The molecule has 2 N–H and O–H groups in total. The molecule has 1 amide bonds. The number of nitrogens with one attached hydrogen (secondary N) is 1. The van der Waals surface area contributed by atoms with Gasteiger partial charge in [0.15, 0.2) is 0 Å². The summed E-state index contributed by atoms with van der Waals surface area (Å²) in [6.45, 7) is 0. The van der Waals surface area contributed by atoms with E-state index in [-0.39, 0.29) is 11.7 Å². The highest BCUT2D eigenvalue weighted by atomic mass is 79.9. The molecule has 2 aromatic carbocycles. The highest BCUT2D eigenvalue weighted by Gasteiger charge is 2.20. The van der Waals surface area contributed by atoms with Crippen LogP contribution in [0.25, 0.3) is 0 Å². The van der Waals surface area contributed by atoms with E-state index in [0.717, 1.165) is 11.3 Å². The minimum absolute atomic E-state index is 0.0467. The highest BCUT2D eigenvalue weighted by Crippen LogP contribution is 2.32. The fourth-order valence-electron chi connectivity index (χ4n) is 2.32. The van der Waals surface area contributed by atoms with Gasteiger partial charge in [0, 0.05) is 10.2 Å². The van der Waals surface area contributed by atoms with Crippen LogP contribution >= 0.6 is 15.9 Å². The fraction of sp³-hybridized carbons (Fsp3) is 0.133. The van der Waals surface area contributed by atoms with Gasteiger partial charge in [0.1, 0.15) is 11.9 Å². The summed E-state index contributed by atoms with van der Waals surface area (Å²) in [5, 5.41) is 13.1. The molecular weight excluding hydrogens is 325 g/mol. The standard InChI is InChI=1S/C15H11BrFNO2/c16-12-7-10(17)2-3-11(12)15(20)8-1-4-13-9(5-8)6-14(19)18-13/h1-5,7,15,20H,6H2,(H,18,19). The Bertz CT molecular complexity index is 702. The third-order valence-electron chi connectivity index (χ3n) is 3.33. The zero-order chi connectivity index (χ0) is 14.3. The maximum absolute atomic E-state index is 13.1. The lowest BCUT2D eigenvalue weighted by molar-refractivity contribution is -0.115. The van der Waals surface area contributed by atoms with Gasteiger partial charge in [-0.1, -0.05) is 34.1 Å². The summed E-state index contributed by atoms with van der Waals surface area (Å²) in [6.07, 6.45) is -0.550. The number of aliphatic hydroxyl groups is 1. The number of aliphatic hydroxyl groups excluding tert-OH is 1. The van der Waals surface area contributed by atoms with Gasteiger partial charge in [0.05, 0.1) is 6.42 Å². The number of benzene rings is 2. The molecule has 3 rings (SSSR count). The molecule has 102 valence electrons. The molecule has 1 heterocycles. The second kappa shape index (κ2) is 5.00. The zero-order valence-corrected chi connectivity index (χ0v) is 11.9. The molecule has 3 nitrogen and oxygen atoms in total. The molecule has 0 bridgehead atoms. The van der Waals surface area contributed by atoms with Crippen LogP contribution in [0, 0.1) is 5.82 Å². The average Bonchev–Trinajstić information content (AvgIpc) is 2.77. The third-order valence-corrected chi connectivity index (χ3v) is 4.01. The van der Waals surface area contributed by atoms with E-state index in [1.165, 1.54) is 12.1 Å². The Kier molecular flexibility index (Phi) is 3.31. The van der Waals surface area contributed by atoms with Crippen LogP contribution in [-0.2, 0) is 11.2 Å². The molecule has 20 heavy (non-hydrogen) atoms. The predicted octanol–water partition coefficient (Wildman–Crippen LogP) is 3.16. The van der Waals surface area contributed by atoms with Gasteiger partial charge in [-0.15, -0.1) is 0 Å². The lowest BCUT2D eigenvalue weighted by atomic mass is 9.99. The van der Waals surface area contributed by atoms with Gasteiger partial charge in [0.2, 0.25) is 5.91 Å². The summed E-state index contributed by atoms with van der Waals surface area (Å²) in [6, 6.07) is 9.49. The van der Waals surface area contributed by atoms with Crippen LogP contribution in [0.3, 0.4) is 0 Å². The van der Waals surface area contributed by atoms with Crippen molar-refractivity contribution in [3.63, 3.8) is 0 Å². The van der Waals surface area contributed by atoms with Crippen LogP contribution in [0.4, 0.5) is 10.1 Å². The molecule has 5 heteroatoms. The molecule has 1 unspecified atom stereocenters. The Morgan fingerprint density at radius 3 is 2.80 bits per heavy atom. The Labute approximate surface area is 123 Å². The number of hydrogen-bond acceptors (Lipinski definition) is 2. The molecule has 0 saturated heterocycles. The first kappa shape index (κ1) is 13.3. The van der Waals surface area contributed by atoms with Crippen LogP contribution < -0.4 is 5.32 Å². The first-order chi connectivity index (χ1) is 9.54. The van der Waals surface area contributed by atoms with E-state index in [4.69, 9.17) is 0 Å². The van der Waals surface area contributed by atoms with Crippen LogP contribution in [0.2, 0.25) is 0 Å². The van der Waals surface area contributed by atoms with Crippen molar-refractivity contribution in [1.82, 2.24) is 0 Å². The molecule has 0 aliphatic carbocycles. The van der Waals surface area contributed by atoms with Crippen molar-refractivity contribution in [1.29, 1.82) is 0 Å². The SMILES string of the molecule is O=C1Cc2cc(C(O)c3ccc(F)cc3Br)ccc2N1. The van der Waals surface area contributed by atoms with Crippen LogP contribution in [0.15, 0.2) is 40.9 Å². The summed E-state index contributed by atoms with van der Waals surface area (Å²) in [4.78, 5) is 11.3. The lowest BCUT2D eigenvalue weighted by Crippen LogP contribution is -2.03. The van der Waals surface area contributed by atoms with Crippen molar-refractivity contribution < 1.29 is 14.3 Å². The fourth-order valence-corrected chi connectivity index (χ4v) is 2.89. The average molecular weight is 336 g/mol. The molecule has 0 radical (unpaired) electrons. The van der Waals surface area contributed by atoms with E-state index in [1.807, 2.05) is 0 Å². The van der Waals surface area contributed by atoms with E-state index < -0.39 is 6.10 Å². The lowest BCUT2D eigenvalue weighted by Gasteiger charge is -2.14. The number of halogens is 2. The van der Waals surface area contributed by atoms with Crippen molar-refractivity contribution in [2.75, 3.05) is 5.32 Å². The maximum atomic E-state index is 13.1. The summed E-state index contributed by atoms with van der Waals surface area (Å²) in [5.74, 6) is -0.411. The van der Waals surface area contributed by atoms with Gasteiger partial charge in [-0.2, -0.15) is 0 Å². The summed E-state index contributed by atoms with van der Waals surface area (Å²) in [5.41, 5.74) is 2.91. The van der Waals surface area contributed by atoms with Crippen molar-refractivity contribution >= 4 is 27.5 Å². The number of carbonyl (C=O) groups is 1. The van der Waals surface area contributed by atoms with Gasteiger partial charge >= 0.3 is 0 Å². The van der Waals surface area contributed by atoms with E-state index in [0.29, 0.717) is 22.0 Å². The van der Waals surface area contributed by atoms with E-state index in [9.17, 15) is 14.3 Å². The smallest absolute Gasteiger partial charge is 0.228 e. The first-order valence-electron chi connectivity index (χ1n) is 6.10. The topological polar surface area (TPSA) is 49.3 Å². The van der Waals surface area contributed by atoms with Crippen LogP contribution in [0.1, 0.15) is 22.8 Å². The zero-order valence-electron chi connectivity index (χ0n) is 10.4. The van der Waals surface area contributed by atoms with Crippen LogP contribution in [-0.4, -0.2) is 11.0 Å². The monoisotopic (exact) mass is 335 g/mol. The van der Waals surface area contributed by atoms with Crippen molar-refractivity contribution in [3.8, 4) is 0 Å². The van der Waals surface area contributed by atoms with Crippen molar-refractivity contribution in [3.05, 3.63) is 63.4 Å². The molecular formula is C15H11BrFNO2. The minimum atomic E-state index is -0.869. The second-order valence-electron chi connectivity index (χ2n) is 4.71. The number of amides is 1. The number of hydrogen-bond donors (Lipinski definition) is 2. The highest BCUT2D eigenvalue weighted by molar-refractivity contribution is 9.10. The molecule has 1 aliphatic rings. The second-order valence-corrected chi connectivity index (χ2v) is 5.56. The van der Waals surface area contributed by atoms with Gasteiger partial charge < -0.3 is 10.4 Å². The molecule has 0 fully saturated rings. The predicted molar refractivity (Wildman–Crippen MR) is 76.9 cm³/mol. The maximum Gasteiger partial charge on any atom is 0.228 e. The molecule has 1 atom stereocenters. The normalized spacial score (nSPS) is 14.8. The van der Waals surface area contributed by atoms with Crippen molar-refractivity contribution in [2.24, 2.45) is 0 Å².